The number of hydrogen-bond donors (Lipinski definition) is 2. The number of aromatic nitrogens is 2. The van der Waals surface area contributed by atoms with Crippen LogP contribution < -0.4 is 10.9 Å². The molecule has 2 aromatic carbocycles. The van der Waals surface area contributed by atoms with E-state index < -0.39 is 0 Å². The van der Waals surface area contributed by atoms with Crippen LogP contribution in [-0.2, 0) is 11.2 Å². The molecule has 0 spiro atoms. The SMILES string of the molecule is CCc1ccc(C(=O)NNC(=O)CSc2nccn2-c2cccc(F)c2)cc1. The van der Waals surface area contributed by atoms with Crippen molar-refractivity contribution in [1.82, 2.24) is 20.4 Å². The largest absolute Gasteiger partial charge is 0.295 e. The van der Waals surface area contributed by atoms with Crippen molar-refractivity contribution < 1.29 is 14.0 Å². The van der Waals surface area contributed by atoms with Crippen LogP contribution >= 0.6 is 11.8 Å². The second-order valence-electron chi connectivity index (χ2n) is 5.90. The fraction of sp³-hybridized carbons (Fsp3) is 0.150. The molecule has 0 bridgehead atoms. The highest BCUT2D eigenvalue weighted by atomic mass is 32.2. The van der Waals surface area contributed by atoms with Crippen molar-refractivity contribution in [3.8, 4) is 5.69 Å². The average Bonchev–Trinajstić information content (AvgIpc) is 3.19. The molecule has 8 heteroatoms. The lowest BCUT2D eigenvalue weighted by molar-refractivity contribution is -0.119. The van der Waals surface area contributed by atoms with Gasteiger partial charge >= 0.3 is 0 Å². The number of carbonyl (C=O) groups is 2. The van der Waals surface area contributed by atoms with Crippen LogP contribution in [-0.4, -0.2) is 27.1 Å². The lowest BCUT2D eigenvalue weighted by Crippen LogP contribution is -2.42. The van der Waals surface area contributed by atoms with E-state index >= 15 is 0 Å². The van der Waals surface area contributed by atoms with Crippen LogP contribution in [0.2, 0.25) is 0 Å². The van der Waals surface area contributed by atoms with Gasteiger partial charge in [0.2, 0.25) is 5.91 Å². The van der Waals surface area contributed by atoms with Gasteiger partial charge in [0.1, 0.15) is 5.82 Å². The number of thioether (sulfide) groups is 1. The summed E-state index contributed by atoms with van der Waals surface area (Å²) in [6, 6.07) is 13.3. The minimum Gasteiger partial charge on any atom is -0.295 e. The second-order valence-corrected chi connectivity index (χ2v) is 6.84. The lowest BCUT2D eigenvalue weighted by atomic mass is 10.1. The Kier molecular flexibility index (Phi) is 6.44. The molecular formula is C20H19FN4O2S. The molecule has 1 heterocycles. The molecule has 0 unspecified atom stereocenters. The first kappa shape index (κ1) is 19.6. The molecule has 0 aliphatic heterocycles. The maximum absolute atomic E-state index is 13.4. The number of hydrazine groups is 1. The quantitative estimate of drug-likeness (QED) is 0.494. The molecule has 0 aliphatic carbocycles. The monoisotopic (exact) mass is 398 g/mol. The Hall–Kier alpha value is -3.13. The molecule has 0 saturated heterocycles. The second kappa shape index (κ2) is 9.18. The van der Waals surface area contributed by atoms with Gasteiger partial charge in [-0.05, 0) is 42.3 Å². The van der Waals surface area contributed by atoms with E-state index in [1.807, 2.05) is 19.1 Å². The van der Waals surface area contributed by atoms with Crippen LogP contribution in [0.25, 0.3) is 5.69 Å². The van der Waals surface area contributed by atoms with Gasteiger partial charge in [-0.15, -0.1) is 0 Å². The number of hydrogen-bond acceptors (Lipinski definition) is 4. The summed E-state index contributed by atoms with van der Waals surface area (Å²) in [5, 5.41) is 0.544. The van der Waals surface area contributed by atoms with Crippen LogP contribution in [0.1, 0.15) is 22.8 Å². The fourth-order valence-electron chi connectivity index (χ4n) is 2.48. The first-order valence-corrected chi connectivity index (χ1v) is 9.65. The van der Waals surface area contributed by atoms with E-state index in [1.54, 1.807) is 41.2 Å². The van der Waals surface area contributed by atoms with E-state index in [-0.39, 0.29) is 23.4 Å². The highest BCUT2D eigenvalue weighted by Crippen LogP contribution is 2.20. The zero-order valence-corrected chi connectivity index (χ0v) is 16.0. The third-order valence-corrected chi connectivity index (χ3v) is 4.93. The predicted octanol–water partition coefficient (Wildman–Crippen LogP) is 3.13. The molecule has 3 aromatic rings. The molecule has 0 atom stereocenters. The Labute approximate surface area is 166 Å². The van der Waals surface area contributed by atoms with Crippen LogP contribution in [0.15, 0.2) is 66.1 Å². The van der Waals surface area contributed by atoms with Gasteiger partial charge in [-0.2, -0.15) is 0 Å². The minimum atomic E-state index is -0.387. The van der Waals surface area contributed by atoms with Crippen molar-refractivity contribution in [2.45, 2.75) is 18.5 Å². The number of nitrogens with zero attached hydrogens (tertiary/aromatic N) is 2. The van der Waals surface area contributed by atoms with Gasteiger partial charge in [0.25, 0.3) is 5.91 Å². The van der Waals surface area contributed by atoms with E-state index in [9.17, 15) is 14.0 Å². The first-order valence-electron chi connectivity index (χ1n) is 8.67. The van der Waals surface area contributed by atoms with E-state index in [2.05, 4.69) is 15.8 Å². The predicted molar refractivity (Wildman–Crippen MR) is 106 cm³/mol. The van der Waals surface area contributed by atoms with Crippen LogP contribution in [0, 0.1) is 5.82 Å². The number of rotatable bonds is 6. The maximum Gasteiger partial charge on any atom is 0.269 e. The standard InChI is InChI=1S/C20H19FN4O2S/c1-2-14-6-8-15(9-7-14)19(27)24-23-18(26)13-28-20-22-10-11-25(20)17-5-3-4-16(21)12-17/h3-12H,2,13H2,1H3,(H,23,26)(H,24,27). The van der Waals surface area contributed by atoms with E-state index in [0.717, 1.165) is 12.0 Å². The van der Waals surface area contributed by atoms with Crippen molar-refractivity contribution >= 4 is 23.6 Å². The Morgan fingerprint density at radius 1 is 1.14 bits per heavy atom. The summed E-state index contributed by atoms with van der Waals surface area (Å²) in [5.41, 5.74) is 6.99. The third kappa shape index (κ3) is 4.98. The molecule has 0 saturated carbocycles. The summed E-state index contributed by atoms with van der Waals surface area (Å²) in [6.45, 7) is 2.03. The zero-order chi connectivity index (χ0) is 19.9. The maximum atomic E-state index is 13.4. The molecule has 2 N–H and O–H groups in total. The van der Waals surface area contributed by atoms with Gasteiger partial charge in [-0.25, -0.2) is 9.37 Å². The third-order valence-electron chi connectivity index (χ3n) is 3.97. The van der Waals surface area contributed by atoms with E-state index in [4.69, 9.17) is 0 Å². The summed E-state index contributed by atoms with van der Waals surface area (Å²) < 4.78 is 15.1. The molecule has 6 nitrogen and oxygen atoms in total. The van der Waals surface area contributed by atoms with Gasteiger partial charge in [-0.3, -0.25) is 25.0 Å². The number of nitrogens with one attached hydrogen (secondary N) is 2. The number of amides is 2. The Morgan fingerprint density at radius 2 is 1.93 bits per heavy atom. The molecule has 0 fully saturated rings. The zero-order valence-electron chi connectivity index (χ0n) is 15.2. The van der Waals surface area contributed by atoms with Crippen LogP contribution in [0.4, 0.5) is 4.39 Å². The number of carbonyl (C=O) groups excluding carboxylic acids is 2. The van der Waals surface area contributed by atoms with Gasteiger partial charge in [0.15, 0.2) is 5.16 Å². The molecule has 2 amide bonds. The van der Waals surface area contributed by atoms with Crippen molar-refractivity contribution in [3.05, 3.63) is 77.9 Å². The average molecular weight is 398 g/mol. The summed E-state index contributed by atoms with van der Waals surface area (Å²) in [6.07, 6.45) is 4.16. The minimum absolute atomic E-state index is 0.0430. The molecule has 144 valence electrons. The number of benzene rings is 2. The molecule has 1 aromatic heterocycles. The highest BCUT2D eigenvalue weighted by Gasteiger charge is 2.11. The van der Waals surface area contributed by atoms with Crippen molar-refractivity contribution in [2.75, 3.05) is 5.75 Å². The Bertz CT molecular complexity index is 972. The first-order chi connectivity index (χ1) is 13.6. The number of aryl methyl sites for hydroxylation is 1. The molecule has 3 rings (SSSR count). The summed E-state index contributed by atoms with van der Waals surface area (Å²) in [4.78, 5) is 28.3. The fourth-order valence-corrected chi connectivity index (χ4v) is 3.25. The summed E-state index contributed by atoms with van der Waals surface area (Å²) in [5.74, 6) is -1.07. The smallest absolute Gasteiger partial charge is 0.269 e. The Morgan fingerprint density at radius 3 is 2.64 bits per heavy atom. The van der Waals surface area contributed by atoms with Gasteiger partial charge in [0, 0.05) is 18.0 Å². The number of imidazole rings is 1. The summed E-state index contributed by atoms with van der Waals surface area (Å²) >= 11 is 1.18. The molecule has 28 heavy (non-hydrogen) atoms. The van der Waals surface area contributed by atoms with Crippen molar-refractivity contribution in [1.29, 1.82) is 0 Å². The molecule has 0 aliphatic rings. The van der Waals surface area contributed by atoms with Crippen LogP contribution in [0.3, 0.4) is 0 Å². The topological polar surface area (TPSA) is 76.0 Å². The van der Waals surface area contributed by atoms with E-state index in [1.165, 1.54) is 23.9 Å². The lowest BCUT2D eigenvalue weighted by Gasteiger charge is -2.09. The van der Waals surface area contributed by atoms with Crippen molar-refractivity contribution in [3.63, 3.8) is 0 Å². The van der Waals surface area contributed by atoms with E-state index in [0.29, 0.717) is 16.4 Å². The highest BCUT2D eigenvalue weighted by molar-refractivity contribution is 7.99. The van der Waals surface area contributed by atoms with Gasteiger partial charge in [-0.1, -0.05) is 36.9 Å². The Balaban J connectivity index is 1.52. The van der Waals surface area contributed by atoms with Crippen LogP contribution in [0.5, 0.6) is 0 Å². The van der Waals surface area contributed by atoms with Gasteiger partial charge < -0.3 is 0 Å². The normalized spacial score (nSPS) is 10.5. The molecular weight excluding hydrogens is 379 g/mol. The summed E-state index contributed by atoms with van der Waals surface area (Å²) in [7, 11) is 0. The number of halogens is 1. The van der Waals surface area contributed by atoms with Crippen molar-refractivity contribution in [2.24, 2.45) is 0 Å². The molecule has 0 radical (unpaired) electrons. The van der Waals surface area contributed by atoms with Gasteiger partial charge in [0.05, 0.1) is 11.4 Å².